The summed E-state index contributed by atoms with van der Waals surface area (Å²) in [5, 5.41) is 12.7. The van der Waals surface area contributed by atoms with Crippen molar-refractivity contribution >= 4 is 0 Å². The lowest BCUT2D eigenvalue weighted by atomic mass is 10.4. The van der Waals surface area contributed by atoms with Gasteiger partial charge in [0.25, 0.3) is 5.70 Å². The van der Waals surface area contributed by atoms with Crippen LogP contribution in [0.1, 0.15) is 6.92 Å². The van der Waals surface area contributed by atoms with Crippen molar-refractivity contribution in [3.05, 3.63) is 21.9 Å². The van der Waals surface area contributed by atoms with Crippen molar-refractivity contribution in [3.63, 3.8) is 0 Å². The van der Waals surface area contributed by atoms with Crippen molar-refractivity contribution < 1.29 is 4.92 Å². The lowest BCUT2D eigenvalue weighted by molar-refractivity contribution is -0.426. The third kappa shape index (κ3) is 2.81. The van der Waals surface area contributed by atoms with E-state index in [1.54, 1.807) is 14.0 Å². The molecule has 52 valence electrons. The molecule has 0 aliphatic carbocycles. The number of hydrogen-bond donors (Lipinski definition) is 1. The van der Waals surface area contributed by atoms with Gasteiger partial charge >= 0.3 is 0 Å². The first-order chi connectivity index (χ1) is 4.22. The molecule has 0 aliphatic rings. The van der Waals surface area contributed by atoms with Gasteiger partial charge in [-0.1, -0.05) is 0 Å². The summed E-state index contributed by atoms with van der Waals surface area (Å²) in [5.41, 5.74) is 0.206. The van der Waals surface area contributed by atoms with Gasteiger partial charge in [-0.05, 0) is 20.0 Å². The minimum atomic E-state index is -0.392. The molecule has 0 bridgehead atoms. The van der Waals surface area contributed by atoms with Gasteiger partial charge in [0, 0.05) is 0 Å². The number of allylic oxidation sites excluding steroid dienone is 1. The second kappa shape index (κ2) is 4.03. The molecule has 0 aromatic carbocycles. The molecule has 0 aromatic rings. The van der Waals surface area contributed by atoms with E-state index in [1.807, 2.05) is 0 Å². The summed E-state index contributed by atoms with van der Waals surface area (Å²) in [7, 11) is 1.67. The zero-order chi connectivity index (χ0) is 7.28. The minimum absolute atomic E-state index is 0.206. The van der Waals surface area contributed by atoms with Crippen LogP contribution in [0.25, 0.3) is 0 Å². The second-order valence-electron chi connectivity index (χ2n) is 1.57. The van der Waals surface area contributed by atoms with Gasteiger partial charge in [-0.15, -0.1) is 0 Å². The Bertz CT molecular complexity index is 131. The van der Waals surface area contributed by atoms with Gasteiger partial charge in [0.05, 0.1) is 11.5 Å². The number of nitro groups is 1. The van der Waals surface area contributed by atoms with Crippen molar-refractivity contribution in [1.82, 2.24) is 5.32 Å². The molecule has 0 rings (SSSR count). The fraction of sp³-hybridized carbons (Fsp3) is 0.600. The van der Waals surface area contributed by atoms with Crippen LogP contribution >= 0.6 is 0 Å². The predicted molar refractivity (Wildman–Crippen MR) is 34.7 cm³/mol. The highest BCUT2D eigenvalue weighted by Crippen LogP contribution is 1.90. The van der Waals surface area contributed by atoms with Crippen LogP contribution in [0.3, 0.4) is 0 Å². The van der Waals surface area contributed by atoms with Crippen molar-refractivity contribution in [3.8, 4) is 0 Å². The van der Waals surface area contributed by atoms with Gasteiger partial charge in [-0.25, -0.2) is 0 Å². The zero-order valence-electron chi connectivity index (χ0n) is 5.55. The molecule has 4 heteroatoms. The molecule has 0 atom stereocenters. The fourth-order valence-corrected chi connectivity index (χ4v) is 0.453. The summed E-state index contributed by atoms with van der Waals surface area (Å²) in [6, 6.07) is 0. The first kappa shape index (κ1) is 8.10. The predicted octanol–water partition coefficient (Wildman–Crippen LogP) is 0.386. The smallest absolute Gasteiger partial charge is 0.255 e. The van der Waals surface area contributed by atoms with Crippen LogP contribution in [-0.2, 0) is 0 Å². The first-order valence-corrected chi connectivity index (χ1v) is 2.66. The monoisotopic (exact) mass is 130 g/mol. The topological polar surface area (TPSA) is 55.2 Å². The third-order valence-corrected chi connectivity index (χ3v) is 0.926. The Morgan fingerprint density at radius 1 is 1.89 bits per heavy atom. The van der Waals surface area contributed by atoms with Gasteiger partial charge < -0.3 is 5.32 Å². The summed E-state index contributed by atoms with van der Waals surface area (Å²) < 4.78 is 0. The highest BCUT2D eigenvalue weighted by molar-refractivity contribution is 4.90. The van der Waals surface area contributed by atoms with E-state index in [4.69, 9.17) is 0 Å². The summed E-state index contributed by atoms with van der Waals surface area (Å²) in [4.78, 5) is 9.63. The molecule has 0 heterocycles. The van der Waals surface area contributed by atoms with Crippen LogP contribution in [-0.4, -0.2) is 18.5 Å². The van der Waals surface area contributed by atoms with E-state index in [-0.39, 0.29) is 5.70 Å². The molecule has 0 fully saturated rings. The Morgan fingerprint density at radius 3 is 2.56 bits per heavy atom. The maximum absolute atomic E-state index is 10.0. The Balaban J connectivity index is 3.85. The lowest BCUT2D eigenvalue weighted by Gasteiger charge is -1.93. The van der Waals surface area contributed by atoms with Gasteiger partial charge in [0.15, 0.2) is 0 Å². The van der Waals surface area contributed by atoms with Crippen molar-refractivity contribution in [2.45, 2.75) is 6.92 Å². The SMILES string of the molecule is C/C=C(\CNC)[N+](=O)[O-]. The normalized spacial score (nSPS) is 11.6. The number of likely N-dealkylation sites (N-methyl/N-ethyl adjacent to an activating group) is 1. The Kier molecular flexibility index (Phi) is 3.62. The Morgan fingerprint density at radius 2 is 2.44 bits per heavy atom. The van der Waals surface area contributed by atoms with Crippen molar-refractivity contribution in [2.24, 2.45) is 0 Å². The average Bonchev–Trinajstić information content (AvgIpc) is 1.82. The van der Waals surface area contributed by atoms with E-state index in [0.717, 1.165) is 0 Å². The molecule has 1 N–H and O–H groups in total. The standard InChI is InChI=1S/C5H10N2O2/c1-3-5(4-6-2)7(8)9/h3,6H,4H2,1-2H3/b5-3+. The minimum Gasteiger partial charge on any atom is -0.310 e. The average molecular weight is 130 g/mol. The van der Waals surface area contributed by atoms with E-state index >= 15 is 0 Å². The first-order valence-electron chi connectivity index (χ1n) is 2.66. The van der Waals surface area contributed by atoms with Crippen LogP contribution in [0.15, 0.2) is 11.8 Å². The maximum Gasteiger partial charge on any atom is 0.255 e. The third-order valence-electron chi connectivity index (χ3n) is 0.926. The Hall–Kier alpha value is -0.900. The number of hydrogen-bond acceptors (Lipinski definition) is 3. The van der Waals surface area contributed by atoms with Crippen LogP contribution in [0.4, 0.5) is 0 Å². The van der Waals surface area contributed by atoms with Gasteiger partial charge in [0.2, 0.25) is 0 Å². The summed E-state index contributed by atoms with van der Waals surface area (Å²) >= 11 is 0. The highest BCUT2D eigenvalue weighted by Gasteiger charge is 2.04. The number of nitrogens with zero attached hydrogens (tertiary/aromatic N) is 1. The molecule has 0 aromatic heterocycles. The van der Waals surface area contributed by atoms with E-state index < -0.39 is 4.92 Å². The van der Waals surface area contributed by atoms with E-state index in [0.29, 0.717) is 6.54 Å². The maximum atomic E-state index is 10.0. The summed E-state index contributed by atoms with van der Waals surface area (Å²) in [6.07, 6.45) is 1.48. The fourth-order valence-electron chi connectivity index (χ4n) is 0.453. The summed E-state index contributed by atoms with van der Waals surface area (Å²) in [5.74, 6) is 0. The lowest BCUT2D eigenvalue weighted by Crippen LogP contribution is -2.15. The van der Waals surface area contributed by atoms with Crippen molar-refractivity contribution in [1.29, 1.82) is 0 Å². The largest absolute Gasteiger partial charge is 0.310 e. The van der Waals surface area contributed by atoms with Gasteiger partial charge in [0.1, 0.15) is 0 Å². The van der Waals surface area contributed by atoms with E-state index in [9.17, 15) is 10.1 Å². The van der Waals surface area contributed by atoms with Crippen LogP contribution in [0.2, 0.25) is 0 Å². The number of rotatable bonds is 3. The molecule has 4 nitrogen and oxygen atoms in total. The molecular formula is C5H10N2O2. The van der Waals surface area contributed by atoms with Crippen LogP contribution < -0.4 is 5.32 Å². The summed E-state index contributed by atoms with van der Waals surface area (Å²) in [6.45, 7) is 1.97. The van der Waals surface area contributed by atoms with Crippen LogP contribution in [0, 0.1) is 10.1 Å². The molecule has 0 saturated carbocycles. The molecule has 0 radical (unpaired) electrons. The quantitative estimate of drug-likeness (QED) is 0.444. The Labute approximate surface area is 53.7 Å². The van der Waals surface area contributed by atoms with Gasteiger partial charge in [-0.2, -0.15) is 0 Å². The van der Waals surface area contributed by atoms with E-state index in [1.165, 1.54) is 6.08 Å². The van der Waals surface area contributed by atoms with Gasteiger partial charge in [-0.3, -0.25) is 10.1 Å². The zero-order valence-corrected chi connectivity index (χ0v) is 5.55. The molecular weight excluding hydrogens is 120 g/mol. The molecule has 9 heavy (non-hydrogen) atoms. The molecule has 0 amide bonds. The molecule has 0 saturated heterocycles. The highest BCUT2D eigenvalue weighted by atomic mass is 16.6. The van der Waals surface area contributed by atoms with Crippen LogP contribution in [0.5, 0.6) is 0 Å². The molecule has 0 spiro atoms. The van der Waals surface area contributed by atoms with E-state index in [2.05, 4.69) is 5.32 Å². The number of nitrogens with one attached hydrogen (secondary N) is 1. The second-order valence-corrected chi connectivity index (χ2v) is 1.57. The molecule has 0 aliphatic heterocycles. The van der Waals surface area contributed by atoms with Crippen molar-refractivity contribution in [2.75, 3.05) is 13.6 Å². The molecule has 0 unspecified atom stereocenters.